The summed E-state index contributed by atoms with van der Waals surface area (Å²) < 4.78 is 21.7. The zero-order valence-corrected chi connectivity index (χ0v) is 11.7. The Morgan fingerprint density at radius 3 is 2.53 bits per heavy atom. The highest BCUT2D eigenvalue weighted by Crippen LogP contribution is 2.15. The van der Waals surface area contributed by atoms with Crippen LogP contribution in [-0.4, -0.2) is 39.3 Å². The molecule has 0 saturated heterocycles. The molecule has 1 aromatic carbocycles. The maximum atomic E-state index is 10.9. The van der Waals surface area contributed by atoms with Crippen LogP contribution in [0.3, 0.4) is 0 Å². The van der Waals surface area contributed by atoms with Crippen LogP contribution in [0.15, 0.2) is 35.2 Å². The Labute approximate surface area is 108 Å². The molecule has 0 spiro atoms. The van der Waals surface area contributed by atoms with Gasteiger partial charge in [0.25, 0.3) is 0 Å². The molecular formula is C12H19NO2S2. The van der Waals surface area contributed by atoms with E-state index in [1.165, 1.54) is 11.2 Å². The van der Waals surface area contributed by atoms with Crippen LogP contribution >= 0.6 is 11.8 Å². The summed E-state index contributed by atoms with van der Waals surface area (Å²) in [4.78, 5) is 1.27. The number of hydrogen-bond acceptors (Lipinski definition) is 4. The average molecular weight is 273 g/mol. The Hall–Kier alpha value is -0.520. The molecule has 3 nitrogen and oxygen atoms in total. The second kappa shape index (κ2) is 7.74. The van der Waals surface area contributed by atoms with Crippen LogP contribution < -0.4 is 5.32 Å². The minimum atomic E-state index is -2.81. The summed E-state index contributed by atoms with van der Waals surface area (Å²) in [6, 6.07) is 10.2. The van der Waals surface area contributed by atoms with E-state index >= 15 is 0 Å². The molecule has 0 aliphatic rings. The average Bonchev–Trinajstić information content (AvgIpc) is 2.28. The van der Waals surface area contributed by atoms with Gasteiger partial charge in [-0.1, -0.05) is 18.2 Å². The minimum Gasteiger partial charge on any atom is -0.316 e. The quantitative estimate of drug-likeness (QED) is 0.579. The molecule has 0 atom stereocenters. The van der Waals surface area contributed by atoms with Gasteiger partial charge in [-0.2, -0.15) is 0 Å². The van der Waals surface area contributed by atoms with Crippen molar-refractivity contribution in [3.05, 3.63) is 30.3 Å². The summed E-state index contributed by atoms with van der Waals surface area (Å²) in [5.74, 6) is 1.27. The lowest BCUT2D eigenvalue weighted by atomic mass is 10.4. The maximum absolute atomic E-state index is 10.9. The smallest absolute Gasteiger partial charge is 0.147 e. The highest BCUT2D eigenvalue weighted by Gasteiger charge is 2.00. The van der Waals surface area contributed by atoms with Crippen molar-refractivity contribution < 1.29 is 8.42 Å². The van der Waals surface area contributed by atoms with E-state index in [-0.39, 0.29) is 5.75 Å². The van der Waals surface area contributed by atoms with Gasteiger partial charge in [-0.25, -0.2) is 8.42 Å². The van der Waals surface area contributed by atoms with Gasteiger partial charge in [-0.15, -0.1) is 11.8 Å². The number of rotatable bonds is 8. The minimum absolute atomic E-state index is 0.270. The second-order valence-corrected chi connectivity index (χ2v) is 7.32. The first-order valence-corrected chi connectivity index (χ1v) is 8.69. The van der Waals surface area contributed by atoms with E-state index in [2.05, 4.69) is 17.4 Å². The Morgan fingerprint density at radius 2 is 1.88 bits per heavy atom. The third-order valence-corrected chi connectivity index (χ3v) is 4.20. The van der Waals surface area contributed by atoms with Gasteiger partial charge < -0.3 is 5.32 Å². The largest absolute Gasteiger partial charge is 0.316 e. The molecule has 0 unspecified atom stereocenters. The topological polar surface area (TPSA) is 46.2 Å². The molecular weight excluding hydrogens is 254 g/mol. The third kappa shape index (κ3) is 8.24. The van der Waals surface area contributed by atoms with Crippen molar-refractivity contribution in [3.8, 4) is 0 Å². The molecule has 17 heavy (non-hydrogen) atoms. The SMILES string of the molecule is CS(=O)(=O)CCCNCCSc1ccccc1. The number of thioether (sulfide) groups is 1. The van der Waals surface area contributed by atoms with Crippen molar-refractivity contribution in [2.45, 2.75) is 11.3 Å². The van der Waals surface area contributed by atoms with Crippen LogP contribution in [0.25, 0.3) is 0 Å². The van der Waals surface area contributed by atoms with E-state index in [1.807, 2.05) is 18.2 Å². The molecule has 5 heteroatoms. The predicted molar refractivity (Wildman–Crippen MR) is 74.4 cm³/mol. The van der Waals surface area contributed by atoms with Crippen molar-refractivity contribution in [1.82, 2.24) is 5.32 Å². The van der Waals surface area contributed by atoms with E-state index in [0.29, 0.717) is 6.42 Å². The van der Waals surface area contributed by atoms with Crippen molar-refractivity contribution in [2.75, 3.05) is 30.9 Å². The Bertz CT molecular complexity index is 404. The van der Waals surface area contributed by atoms with Gasteiger partial charge in [0.1, 0.15) is 9.84 Å². The van der Waals surface area contributed by atoms with Gasteiger partial charge in [0.15, 0.2) is 0 Å². The van der Waals surface area contributed by atoms with Crippen LogP contribution in [0.4, 0.5) is 0 Å². The van der Waals surface area contributed by atoms with Crippen LogP contribution in [0, 0.1) is 0 Å². The predicted octanol–water partition coefficient (Wildman–Crippen LogP) is 1.80. The molecule has 0 aromatic heterocycles. The van der Waals surface area contributed by atoms with Crippen LogP contribution in [-0.2, 0) is 9.84 Å². The first kappa shape index (κ1) is 14.5. The second-order valence-electron chi connectivity index (χ2n) is 3.89. The zero-order chi connectivity index (χ0) is 12.6. The van der Waals surface area contributed by atoms with E-state index in [9.17, 15) is 8.42 Å². The molecule has 0 saturated carbocycles. The molecule has 0 radical (unpaired) electrons. The summed E-state index contributed by atoms with van der Waals surface area (Å²) in [5, 5.41) is 3.24. The van der Waals surface area contributed by atoms with Crippen molar-refractivity contribution >= 4 is 21.6 Å². The first-order valence-electron chi connectivity index (χ1n) is 5.64. The van der Waals surface area contributed by atoms with Crippen molar-refractivity contribution in [2.24, 2.45) is 0 Å². The molecule has 96 valence electrons. The summed E-state index contributed by atoms with van der Waals surface area (Å²) in [6.45, 7) is 1.67. The van der Waals surface area contributed by atoms with Gasteiger partial charge in [0.2, 0.25) is 0 Å². The standard InChI is InChI=1S/C12H19NO2S2/c1-17(14,15)11-5-8-13-9-10-16-12-6-3-2-4-7-12/h2-4,6-7,13H,5,8-11H2,1H3. The summed E-state index contributed by atoms with van der Waals surface area (Å²) in [7, 11) is -2.81. The Kier molecular flexibility index (Phi) is 6.62. The molecule has 0 aliphatic heterocycles. The number of hydrogen-bond donors (Lipinski definition) is 1. The number of sulfone groups is 1. The monoisotopic (exact) mass is 273 g/mol. The van der Waals surface area contributed by atoms with Crippen LogP contribution in [0.2, 0.25) is 0 Å². The van der Waals surface area contributed by atoms with Crippen LogP contribution in [0.5, 0.6) is 0 Å². The molecule has 1 N–H and O–H groups in total. The Balaban J connectivity index is 1.99. The van der Waals surface area contributed by atoms with Crippen molar-refractivity contribution in [3.63, 3.8) is 0 Å². The fraction of sp³-hybridized carbons (Fsp3) is 0.500. The molecule has 0 aliphatic carbocycles. The van der Waals surface area contributed by atoms with E-state index in [1.54, 1.807) is 11.8 Å². The number of benzene rings is 1. The van der Waals surface area contributed by atoms with Gasteiger partial charge in [-0.3, -0.25) is 0 Å². The maximum Gasteiger partial charge on any atom is 0.147 e. The van der Waals surface area contributed by atoms with Gasteiger partial charge in [0, 0.05) is 23.4 Å². The number of nitrogens with one attached hydrogen (secondary N) is 1. The molecule has 1 rings (SSSR count). The van der Waals surface area contributed by atoms with Gasteiger partial charge >= 0.3 is 0 Å². The first-order chi connectivity index (χ1) is 8.08. The van der Waals surface area contributed by atoms with Crippen molar-refractivity contribution in [1.29, 1.82) is 0 Å². The normalized spacial score (nSPS) is 11.6. The van der Waals surface area contributed by atoms with Crippen LogP contribution in [0.1, 0.15) is 6.42 Å². The highest BCUT2D eigenvalue weighted by atomic mass is 32.2. The van der Waals surface area contributed by atoms with E-state index in [0.717, 1.165) is 18.8 Å². The summed E-state index contributed by atoms with van der Waals surface area (Å²) >= 11 is 1.80. The van der Waals surface area contributed by atoms with Gasteiger partial charge in [-0.05, 0) is 25.1 Å². The molecule has 0 fully saturated rings. The third-order valence-electron chi connectivity index (χ3n) is 2.16. The van der Waals surface area contributed by atoms with Gasteiger partial charge in [0.05, 0.1) is 5.75 Å². The highest BCUT2D eigenvalue weighted by molar-refractivity contribution is 7.99. The molecule has 1 aromatic rings. The summed E-state index contributed by atoms with van der Waals surface area (Å²) in [6.07, 6.45) is 1.97. The fourth-order valence-corrected chi connectivity index (χ4v) is 2.84. The molecule has 0 amide bonds. The lowest BCUT2D eigenvalue weighted by Crippen LogP contribution is -2.20. The Morgan fingerprint density at radius 1 is 1.18 bits per heavy atom. The molecule has 0 heterocycles. The lowest BCUT2D eigenvalue weighted by Gasteiger charge is -2.04. The summed E-state index contributed by atoms with van der Waals surface area (Å²) in [5.41, 5.74) is 0. The fourth-order valence-electron chi connectivity index (χ4n) is 1.34. The lowest BCUT2D eigenvalue weighted by molar-refractivity contribution is 0.596. The van der Waals surface area contributed by atoms with E-state index in [4.69, 9.17) is 0 Å². The molecule has 0 bridgehead atoms. The zero-order valence-electron chi connectivity index (χ0n) is 10.1. The van der Waals surface area contributed by atoms with E-state index < -0.39 is 9.84 Å².